The third-order valence-corrected chi connectivity index (χ3v) is 8.35. The Labute approximate surface area is 208 Å². The second-order valence-corrected chi connectivity index (χ2v) is 10.8. The SMILES string of the molecule is C=C1C(C)C2C(Cc3ccccc3)NC(=O)C2(O)C(/C=C/CC(C)CCCC2CCC(=O)O2)C1O. The highest BCUT2D eigenvalue weighted by atomic mass is 16.5. The molecule has 3 aliphatic rings. The van der Waals surface area contributed by atoms with E-state index in [9.17, 15) is 19.8 Å². The van der Waals surface area contributed by atoms with Crippen LogP contribution in [-0.2, 0) is 20.7 Å². The number of benzene rings is 1. The van der Waals surface area contributed by atoms with Gasteiger partial charge in [0.2, 0.25) is 0 Å². The van der Waals surface area contributed by atoms with Gasteiger partial charge >= 0.3 is 5.97 Å². The van der Waals surface area contributed by atoms with Gasteiger partial charge in [-0.25, -0.2) is 0 Å². The maximum Gasteiger partial charge on any atom is 0.306 e. The minimum absolute atomic E-state index is 0.0616. The number of allylic oxidation sites excluding steroid dienone is 1. The molecule has 1 saturated carbocycles. The summed E-state index contributed by atoms with van der Waals surface area (Å²) in [5.41, 5.74) is 0.0910. The lowest BCUT2D eigenvalue weighted by Crippen LogP contribution is -2.59. The summed E-state index contributed by atoms with van der Waals surface area (Å²) in [6.07, 6.45) is 8.54. The minimum atomic E-state index is -1.68. The van der Waals surface area contributed by atoms with Gasteiger partial charge < -0.3 is 20.3 Å². The zero-order valence-electron chi connectivity index (χ0n) is 20.9. The molecule has 4 rings (SSSR count). The van der Waals surface area contributed by atoms with Gasteiger partial charge in [-0.15, -0.1) is 0 Å². The summed E-state index contributed by atoms with van der Waals surface area (Å²) < 4.78 is 5.29. The molecule has 1 aromatic carbocycles. The number of hydrogen-bond acceptors (Lipinski definition) is 5. The second-order valence-electron chi connectivity index (χ2n) is 10.8. The number of ether oxygens (including phenoxy) is 1. The Morgan fingerprint density at radius 3 is 2.71 bits per heavy atom. The lowest BCUT2D eigenvalue weighted by molar-refractivity contribution is -0.154. The Bertz CT molecular complexity index is 959. The number of cyclic esters (lactones) is 1. The average Bonchev–Trinajstić information content (AvgIpc) is 3.35. The van der Waals surface area contributed by atoms with E-state index in [4.69, 9.17) is 4.74 Å². The molecule has 8 atom stereocenters. The molecule has 2 saturated heterocycles. The monoisotopic (exact) mass is 481 g/mol. The van der Waals surface area contributed by atoms with Gasteiger partial charge in [-0.3, -0.25) is 9.59 Å². The van der Waals surface area contributed by atoms with Crippen molar-refractivity contribution in [1.82, 2.24) is 5.32 Å². The molecule has 0 bridgehead atoms. The van der Waals surface area contributed by atoms with E-state index in [2.05, 4.69) is 18.8 Å². The van der Waals surface area contributed by atoms with Gasteiger partial charge in [0.1, 0.15) is 6.10 Å². The number of hydrogen-bond donors (Lipinski definition) is 3. The molecular weight excluding hydrogens is 442 g/mol. The quantitative estimate of drug-likeness (QED) is 0.369. The van der Waals surface area contributed by atoms with E-state index in [1.54, 1.807) is 0 Å². The van der Waals surface area contributed by atoms with Gasteiger partial charge in [0.15, 0.2) is 5.60 Å². The van der Waals surface area contributed by atoms with Crippen molar-refractivity contribution in [2.24, 2.45) is 23.7 Å². The van der Waals surface area contributed by atoms with Gasteiger partial charge in [-0.1, -0.05) is 69.3 Å². The third-order valence-electron chi connectivity index (χ3n) is 8.35. The van der Waals surface area contributed by atoms with E-state index in [0.29, 0.717) is 24.3 Å². The van der Waals surface area contributed by atoms with Crippen LogP contribution in [0.3, 0.4) is 0 Å². The number of esters is 1. The van der Waals surface area contributed by atoms with Gasteiger partial charge in [-0.2, -0.15) is 0 Å². The fourth-order valence-electron chi connectivity index (χ4n) is 6.26. The molecule has 35 heavy (non-hydrogen) atoms. The molecule has 190 valence electrons. The lowest BCUT2D eigenvalue weighted by Gasteiger charge is -2.47. The normalized spacial score (nSPS) is 35.7. The summed E-state index contributed by atoms with van der Waals surface area (Å²) in [6.45, 7) is 8.25. The fourth-order valence-corrected chi connectivity index (χ4v) is 6.26. The van der Waals surface area contributed by atoms with Crippen LogP contribution in [-0.4, -0.2) is 45.9 Å². The zero-order valence-corrected chi connectivity index (χ0v) is 20.9. The summed E-state index contributed by atoms with van der Waals surface area (Å²) >= 11 is 0. The molecule has 6 heteroatoms. The molecule has 2 heterocycles. The molecule has 0 spiro atoms. The number of rotatable bonds is 9. The van der Waals surface area contributed by atoms with E-state index in [1.165, 1.54) is 0 Å². The van der Waals surface area contributed by atoms with E-state index in [-0.39, 0.29) is 30.0 Å². The Kier molecular flexibility index (Phi) is 7.82. The predicted molar refractivity (Wildman–Crippen MR) is 134 cm³/mol. The first-order valence-corrected chi connectivity index (χ1v) is 13.0. The molecule has 1 aromatic rings. The summed E-state index contributed by atoms with van der Waals surface area (Å²) in [6, 6.07) is 9.72. The lowest BCUT2D eigenvalue weighted by atomic mass is 9.60. The summed E-state index contributed by atoms with van der Waals surface area (Å²) in [5.74, 6) is -1.40. The third kappa shape index (κ3) is 5.24. The molecule has 2 aliphatic heterocycles. The number of aliphatic hydroxyl groups is 2. The first kappa shape index (κ1) is 25.6. The van der Waals surface area contributed by atoms with Crippen LogP contribution in [0, 0.1) is 23.7 Å². The Hall–Kier alpha value is -2.44. The number of nitrogens with one attached hydrogen (secondary N) is 1. The molecular formula is C29H39NO5. The Balaban J connectivity index is 1.41. The molecule has 0 radical (unpaired) electrons. The summed E-state index contributed by atoms with van der Waals surface area (Å²) in [5, 5.41) is 25.9. The van der Waals surface area contributed by atoms with Gasteiger partial charge in [0.05, 0.1) is 6.10 Å². The van der Waals surface area contributed by atoms with Crippen LogP contribution in [0.25, 0.3) is 0 Å². The van der Waals surface area contributed by atoms with Crippen LogP contribution < -0.4 is 5.32 Å². The largest absolute Gasteiger partial charge is 0.462 e. The highest BCUT2D eigenvalue weighted by Gasteiger charge is 2.64. The predicted octanol–water partition coefficient (Wildman–Crippen LogP) is 3.72. The Morgan fingerprint density at radius 2 is 2.03 bits per heavy atom. The van der Waals surface area contributed by atoms with Crippen molar-refractivity contribution in [3.63, 3.8) is 0 Å². The van der Waals surface area contributed by atoms with Crippen LogP contribution >= 0.6 is 0 Å². The zero-order chi connectivity index (χ0) is 25.2. The highest BCUT2D eigenvalue weighted by Crippen LogP contribution is 2.50. The number of fused-ring (bicyclic) bond motifs is 1. The molecule has 3 fully saturated rings. The van der Waals surface area contributed by atoms with Gasteiger partial charge in [-0.05, 0) is 55.1 Å². The molecule has 6 nitrogen and oxygen atoms in total. The van der Waals surface area contributed by atoms with Crippen molar-refractivity contribution < 1.29 is 24.5 Å². The number of carbonyl (C=O) groups is 2. The molecule has 1 aliphatic carbocycles. The van der Waals surface area contributed by atoms with Crippen molar-refractivity contribution in [2.45, 2.75) is 82.6 Å². The van der Waals surface area contributed by atoms with Crippen LogP contribution in [0.5, 0.6) is 0 Å². The smallest absolute Gasteiger partial charge is 0.306 e. The van der Waals surface area contributed by atoms with Gasteiger partial charge in [0, 0.05) is 24.3 Å². The van der Waals surface area contributed by atoms with Crippen molar-refractivity contribution in [3.05, 3.63) is 60.2 Å². The van der Waals surface area contributed by atoms with Crippen LogP contribution in [0.4, 0.5) is 0 Å². The molecule has 0 aromatic heterocycles. The van der Waals surface area contributed by atoms with E-state index < -0.39 is 23.5 Å². The second kappa shape index (κ2) is 10.7. The first-order valence-electron chi connectivity index (χ1n) is 13.0. The summed E-state index contributed by atoms with van der Waals surface area (Å²) in [7, 11) is 0. The highest BCUT2D eigenvalue weighted by molar-refractivity contribution is 5.89. The number of carbonyl (C=O) groups excluding carboxylic acids is 2. The average molecular weight is 482 g/mol. The van der Waals surface area contributed by atoms with Crippen molar-refractivity contribution >= 4 is 11.9 Å². The van der Waals surface area contributed by atoms with Crippen molar-refractivity contribution in [2.75, 3.05) is 0 Å². The number of aliphatic hydroxyl groups excluding tert-OH is 1. The van der Waals surface area contributed by atoms with Gasteiger partial charge in [0.25, 0.3) is 5.91 Å². The molecule has 1 amide bonds. The van der Waals surface area contributed by atoms with Crippen LogP contribution in [0.2, 0.25) is 0 Å². The Morgan fingerprint density at radius 1 is 1.29 bits per heavy atom. The van der Waals surface area contributed by atoms with Crippen LogP contribution in [0.1, 0.15) is 57.9 Å². The van der Waals surface area contributed by atoms with E-state index in [1.807, 2.05) is 49.4 Å². The van der Waals surface area contributed by atoms with Crippen molar-refractivity contribution in [3.8, 4) is 0 Å². The van der Waals surface area contributed by atoms with E-state index >= 15 is 0 Å². The maximum atomic E-state index is 13.2. The van der Waals surface area contributed by atoms with Crippen LogP contribution in [0.15, 0.2) is 54.6 Å². The first-order chi connectivity index (χ1) is 16.7. The summed E-state index contributed by atoms with van der Waals surface area (Å²) in [4.78, 5) is 24.4. The maximum absolute atomic E-state index is 13.2. The topological polar surface area (TPSA) is 95.9 Å². The standard InChI is InChI=1S/C29H39NO5/c1-18(9-7-13-22-15-16-25(31)35-22)10-8-14-23-27(32)20(3)19(2)26-24(30-28(33)29(23,26)34)17-21-11-5-4-6-12-21/h4-6,8,11-12,14,18-19,22-24,26-27,32,34H,3,7,9-10,13,15-17H2,1-2H3,(H,30,33)/b14-8+. The van der Waals surface area contributed by atoms with E-state index in [0.717, 1.165) is 37.7 Å². The number of amides is 1. The minimum Gasteiger partial charge on any atom is -0.462 e. The van der Waals surface area contributed by atoms with Crippen molar-refractivity contribution in [1.29, 1.82) is 0 Å². The molecule has 8 unspecified atom stereocenters. The molecule has 3 N–H and O–H groups in total. The fraction of sp³-hybridized carbons (Fsp3) is 0.586.